The van der Waals surface area contributed by atoms with Crippen LogP contribution in [-0.4, -0.2) is 41.3 Å². The van der Waals surface area contributed by atoms with E-state index in [1.807, 2.05) is 18.4 Å². The summed E-state index contributed by atoms with van der Waals surface area (Å²) in [5, 5.41) is 10.9. The van der Waals surface area contributed by atoms with Gasteiger partial charge in [-0.05, 0) is 29.4 Å². The Morgan fingerprint density at radius 1 is 1.20 bits per heavy atom. The maximum atomic E-state index is 11.8. The number of carbonyl (C=O) groups excluding carboxylic acids is 1. The number of nitrogens with one attached hydrogen (secondary N) is 1. The van der Waals surface area contributed by atoms with Crippen molar-refractivity contribution in [3.05, 3.63) is 29.8 Å². The minimum absolute atomic E-state index is 0.0300. The second-order valence-corrected chi connectivity index (χ2v) is 9.55. The van der Waals surface area contributed by atoms with Crippen LogP contribution >= 0.6 is 34.9 Å². The average Bonchev–Trinajstić information content (AvgIpc) is 3.04. The summed E-state index contributed by atoms with van der Waals surface area (Å²) < 4.78 is 7.39. The maximum Gasteiger partial charge on any atom is 0.230 e. The van der Waals surface area contributed by atoms with Crippen molar-refractivity contribution in [1.29, 1.82) is 0 Å². The smallest absolute Gasteiger partial charge is 0.230 e. The van der Waals surface area contributed by atoms with Crippen LogP contribution in [0.4, 0.5) is 0 Å². The van der Waals surface area contributed by atoms with Crippen LogP contribution < -0.4 is 10.1 Å². The lowest BCUT2D eigenvalue weighted by Gasteiger charge is -2.19. The predicted molar refractivity (Wildman–Crippen MR) is 106 cm³/mol. The molecule has 2 rings (SSSR count). The van der Waals surface area contributed by atoms with Gasteiger partial charge in [0.2, 0.25) is 5.91 Å². The maximum absolute atomic E-state index is 11.8. The Labute approximate surface area is 161 Å². The van der Waals surface area contributed by atoms with Crippen LogP contribution in [0.2, 0.25) is 0 Å². The summed E-state index contributed by atoms with van der Waals surface area (Å²) in [6, 6.07) is 8.10. The van der Waals surface area contributed by atoms with Crippen molar-refractivity contribution in [2.45, 2.75) is 34.9 Å². The Bertz CT molecular complexity index is 681. The second-order valence-electron chi connectivity index (χ2n) is 6.30. The van der Waals surface area contributed by atoms with Crippen LogP contribution in [-0.2, 0) is 10.2 Å². The van der Waals surface area contributed by atoms with E-state index in [2.05, 4.69) is 48.4 Å². The summed E-state index contributed by atoms with van der Waals surface area (Å²) in [5.74, 6) is 1.12. The van der Waals surface area contributed by atoms with Crippen molar-refractivity contribution in [2.24, 2.45) is 0 Å². The fraction of sp³-hybridized carbons (Fsp3) is 0.471. The molecule has 0 atom stereocenters. The molecule has 1 amide bonds. The number of aromatic nitrogens is 2. The molecule has 0 saturated carbocycles. The molecule has 0 unspecified atom stereocenters. The molecule has 8 heteroatoms. The van der Waals surface area contributed by atoms with E-state index in [-0.39, 0.29) is 11.3 Å². The highest BCUT2D eigenvalue weighted by Gasteiger charge is 2.13. The minimum atomic E-state index is -0.0300. The normalized spacial score (nSPS) is 11.4. The van der Waals surface area contributed by atoms with Crippen LogP contribution in [0.15, 0.2) is 32.9 Å². The third kappa shape index (κ3) is 6.87. The minimum Gasteiger partial charge on any atom is -0.492 e. The number of thioether (sulfide) groups is 2. The average molecular weight is 398 g/mol. The SMILES string of the molecule is CSc1nnc(SCC(=O)NCCOc2ccc(C(C)(C)C)cc2)s1. The monoisotopic (exact) mass is 397 g/mol. The first-order valence-corrected chi connectivity index (χ1v) is 10.9. The van der Waals surface area contributed by atoms with Gasteiger partial charge in [0.1, 0.15) is 12.4 Å². The number of hydrogen-bond donors (Lipinski definition) is 1. The summed E-state index contributed by atoms with van der Waals surface area (Å²) in [5.41, 5.74) is 1.40. The molecular formula is C17H23N3O2S3. The van der Waals surface area contributed by atoms with E-state index in [1.165, 1.54) is 28.7 Å². The highest BCUT2D eigenvalue weighted by Crippen LogP contribution is 2.27. The van der Waals surface area contributed by atoms with Crippen molar-refractivity contribution in [3.63, 3.8) is 0 Å². The van der Waals surface area contributed by atoms with Gasteiger partial charge in [-0.1, -0.05) is 67.8 Å². The van der Waals surface area contributed by atoms with Gasteiger partial charge in [0.15, 0.2) is 8.68 Å². The van der Waals surface area contributed by atoms with E-state index in [4.69, 9.17) is 4.74 Å². The first kappa shape index (κ1) is 20.1. The van der Waals surface area contributed by atoms with Crippen LogP contribution in [0, 0.1) is 0 Å². The van der Waals surface area contributed by atoms with Gasteiger partial charge >= 0.3 is 0 Å². The molecule has 0 radical (unpaired) electrons. The lowest BCUT2D eigenvalue weighted by Crippen LogP contribution is -2.29. The van der Waals surface area contributed by atoms with Crippen LogP contribution in [0.3, 0.4) is 0 Å². The Hall–Kier alpha value is -1.25. The van der Waals surface area contributed by atoms with Gasteiger partial charge in [0.25, 0.3) is 0 Å². The number of ether oxygens (including phenoxy) is 1. The van der Waals surface area contributed by atoms with Gasteiger partial charge in [0.05, 0.1) is 12.3 Å². The predicted octanol–water partition coefficient (Wildman–Crippen LogP) is 3.84. The summed E-state index contributed by atoms with van der Waals surface area (Å²) >= 11 is 4.46. The van der Waals surface area contributed by atoms with Crippen molar-refractivity contribution < 1.29 is 9.53 Å². The number of benzene rings is 1. The summed E-state index contributed by atoms with van der Waals surface area (Å²) in [6.45, 7) is 7.47. The molecule has 0 aliphatic carbocycles. The van der Waals surface area contributed by atoms with Gasteiger partial charge in [-0.3, -0.25) is 4.79 Å². The molecular weight excluding hydrogens is 374 g/mol. The second kappa shape index (κ2) is 9.45. The molecule has 1 heterocycles. The van der Waals surface area contributed by atoms with Gasteiger partial charge in [0, 0.05) is 0 Å². The van der Waals surface area contributed by atoms with E-state index >= 15 is 0 Å². The van der Waals surface area contributed by atoms with Crippen LogP contribution in [0.5, 0.6) is 5.75 Å². The molecule has 5 nitrogen and oxygen atoms in total. The van der Waals surface area contributed by atoms with Gasteiger partial charge in [-0.25, -0.2) is 0 Å². The molecule has 1 N–H and O–H groups in total. The highest BCUT2D eigenvalue weighted by atomic mass is 32.2. The fourth-order valence-electron chi connectivity index (χ4n) is 1.93. The number of nitrogens with zero attached hydrogens (tertiary/aromatic N) is 2. The Kier molecular flexibility index (Phi) is 7.58. The molecule has 1 aromatic heterocycles. The number of amides is 1. The zero-order valence-electron chi connectivity index (χ0n) is 14.9. The Balaban J connectivity index is 1.64. The van der Waals surface area contributed by atoms with E-state index < -0.39 is 0 Å². The zero-order chi connectivity index (χ0) is 18.3. The van der Waals surface area contributed by atoms with Crippen molar-refractivity contribution in [1.82, 2.24) is 15.5 Å². The zero-order valence-corrected chi connectivity index (χ0v) is 17.3. The molecule has 2 aromatic rings. The molecule has 0 fully saturated rings. The van der Waals surface area contributed by atoms with Gasteiger partial charge in [-0.15, -0.1) is 10.2 Å². The lowest BCUT2D eigenvalue weighted by molar-refractivity contribution is -0.118. The molecule has 136 valence electrons. The topological polar surface area (TPSA) is 64.1 Å². The quantitative estimate of drug-likeness (QED) is 0.539. The van der Waals surface area contributed by atoms with Gasteiger partial charge < -0.3 is 10.1 Å². The molecule has 25 heavy (non-hydrogen) atoms. The Morgan fingerprint density at radius 2 is 1.88 bits per heavy atom. The van der Waals surface area contributed by atoms with Crippen LogP contribution in [0.1, 0.15) is 26.3 Å². The lowest BCUT2D eigenvalue weighted by atomic mass is 9.87. The van der Waals surface area contributed by atoms with E-state index in [9.17, 15) is 4.79 Å². The number of hydrogen-bond acceptors (Lipinski definition) is 7. The van der Waals surface area contributed by atoms with Crippen molar-refractivity contribution in [3.8, 4) is 5.75 Å². The molecule has 0 aliphatic rings. The first-order valence-electron chi connectivity index (χ1n) is 7.89. The molecule has 1 aromatic carbocycles. The number of carbonyl (C=O) groups is 1. The standard InChI is InChI=1S/C17H23N3O2S3/c1-17(2,3)12-5-7-13(8-6-12)22-10-9-18-14(21)11-24-16-20-19-15(23-4)25-16/h5-8H,9-11H2,1-4H3,(H,18,21). The third-order valence-electron chi connectivity index (χ3n) is 3.30. The third-order valence-corrected chi connectivity index (χ3v) is 6.33. The number of rotatable bonds is 8. The van der Waals surface area contributed by atoms with E-state index in [0.29, 0.717) is 18.9 Å². The first-order chi connectivity index (χ1) is 11.9. The van der Waals surface area contributed by atoms with Crippen molar-refractivity contribution in [2.75, 3.05) is 25.2 Å². The molecule has 0 aliphatic heterocycles. The fourth-order valence-corrected chi connectivity index (χ4v) is 4.19. The van der Waals surface area contributed by atoms with E-state index in [1.54, 1.807) is 11.8 Å². The summed E-state index contributed by atoms with van der Waals surface area (Å²) in [4.78, 5) is 11.8. The summed E-state index contributed by atoms with van der Waals surface area (Å²) in [6.07, 6.45) is 1.96. The molecule has 0 saturated heterocycles. The van der Waals surface area contributed by atoms with E-state index in [0.717, 1.165) is 14.4 Å². The van der Waals surface area contributed by atoms with Gasteiger partial charge in [-0.2, -0.15) is 0 Å². The summed E-state index contributed by atoms with van der Waals surface area (Å²) in [7, 11) is 0. The van der Waals surface area contributed by atoms with Crippen molar-refractivity contribution >= 4 is 40.8 Å². The molecule has 0 spiro atoms. The Morgan fingerprint density at radius 3 is 2.48 bits per heavy atom. The largest absolute Gasteiger partial charge is 0.492 e. The molecule has 0 bridgehead atoms. The van der Waals surface area contributed by atoms with Crippen LogP contribution in [0.25, 0.3) is 0 Å². The highest BCUT2D eigenvalue weighted by molar-refractivity contribution is 8.03.